The molecule has 2 N–H and O–H groups in total. The summed E-state index contributed by atoms with van der Waals surface area (Å²) >= 11 is 5.95. The number of hydrogen-bond donors (Lipinski definition) is 2. The molecular weight excluding hydrogens is 486 g/mol. The van der Waals surface area contributed by atoms with Crippen LogP contribution in [-0.4, -0.2) is 58.4 Å². The highest BCUT2D eigenvalue weighted by molar-refractivity contribution is 6.33. The lowest BCUT2D eigenvalue weighted by molar-refractivity contribution is -0.137. The highest BCUT2D eigenvalue weighted by atomic mass is 35.5. The molecule has 182 valence electrons. The Labute approximate surface area is 198 Å². The first-order valence-corrected chi connectivity index (χ1v) is 10.2. The summed E-state index contributed by atoms with van der Waals surface area (Å²) in [5, 5.41) is 20.3. The molecule has 1 aromatic carbocycles. The van der Waals surface area contributed by atoms with Crippen molar-refractivity contribution in [3.05, 3.63) is 46.4 Å². The fourth-order valence-electron chi connectivity index (χ4n) is 3.76. The van der Waals surface area contributed by atoms with Gasteiger partial charge in [-0.25, -0.2) is 9.37 Å². The lowest BCUT2D eigenvalue weighted by Crippen LogP contribution is -2.51. The third-order valence-electron chi connectivity index (χ3n) is 5.29. The van der Waals surface area contributed by atoms with Crippen molar-refractivity contribution >= 4 is 34.9 Å². The zero-order valence-electron chi connectivity index (χ0n) is 19.3. The van der Waals surface area contributed by atoms with Crippen LogP contribution in [-0.2, 0) is 15.8 Å². The summed E-state index contributed by atoms with van der Waals surface area (Å²) in [6.07, 6.45) is -9.69. The zero-order chi connectivity index (χ0) is 26.7. The van der Waals surface area contributed by atoms with E-state index in [0.29, 0.717) is 21.9 Å². The molecule has 34 heavy (non-hydrogen) atoms. The molecular formula is C21H18ClF4N3O5. The topological polar surface area (TPSA) is 103 Å². The average Bonchev–Trinajstić information content (AvgIpc) is 2.91. The van der Waals surface area contributed by atoms with Crippen LogP contribution in [0, 0.1) is 12.7 Å². The van der Waals surface area contributed by atoms with E-state index in [2.05, 4.69) is 4.98 Å². The maximum absolute atomic E-state index is 14.0. The summed E-state index contributed by atoms with van der Waals surface area (Å²) in [6, 6.07) is 0.912. The van der Waals surface area contributed by atoms with Crippen LogP contribution in [0.3, 0.4) is 0 Å². The monoisotopic (exact) mass is 505 g/mol. The number of pyridine rings is 1. The highest BCUT2D eigenvalue weighted by Gasteiger charge is 2.53. The number of carbonyl (C=O) groups is 2. The lowest BCUT2D eigenvalue weighted by Gasteiger charge is -2.31. The van der Waals surface area contributed by atoms with Crippen LogP contribution in [0.2, 0.25) is 5.02 Å². The van der Waals surface area contributed by atoms with Crippen molar-refractivity contribution in [1.82, 2.24) is 4.98 Å². The van der Waals surface area contributed by atoms with Gasteiger partial charge in [0.2, 0.25) is 0 Å². The third-order valence-corrected chi connectivity index (χ3v) is 5.64. The van der Waals surface area contributed by atoms with Gasteiger partial charge in [0.25, 0.3) is 11.8 Å². The SMILES string of the molecule is [2H]C1([2H])CCOc2c(ccc(F)c2Cl)N1C(=O)[C@@H]1[C@H](O)[C@H](O)C(=O)N1c1cc(C(F)(F)F)cc(C)n1. The van der Waals surface area contributed by atoms with Crippen LogP contribution in [0.4, 0.5) is 29.1 Å². The molecule has 1 saturated heterocycles. The predicted octanol–water partition coefficient (Wildman–Crippen LogP) is 2.45. The number of fused-ring (bicyclic) bond motifs is 1. The zero-order valence-corrected chi connectivity index (χ0v) is 18.1. The molecule has 4 rings (SSSR count). The van der Waals surface area contributed by atoms with Gasteiger partial charge in [-0.3, -0.25) is 14.5 Å². The number of aliphatic hydroxyl groups is 2. The maximum atomic E-state index is 14.0. The summed E-state index contributed by atoms with van der Waals surface area (Å²) in [6.45, 7) is -1.66. The number of ether oxygens (including phenoxy) is 1. The minimum Gasteiger partial charge on any atom is -0.490 e. The molecule has 1 fully saturated rings. The molecule has 0 radical (unpaired) electrons. The smallest absolute Gasteiger partial charge is 0.416 e. The van der Waals surface area contributed by atoms with Crippen molar-refractivity contribution in [2.24, 2.45) is 0 Å². The molecule has 3 heterocycles. The van der Waals surface area contributed by atoms with Gasteiger partial charge in [-0.2, -0.15) is 13.2 Å². The van der Waals surface area contributed by atoms with Crippen LogP contribution in [0.1, 0.15) is 20.4 Å². The molecule has 0 saturated carbocycles. The minimum atomic E-state index is -4.85. The van der Waals surface area contributed by atoms with Crippen LogP contribution >= 0.6 is 11.6 Å². The van der Waals surface area contributed by atoms with Crippen molar-refractivity contribution in [2.45, 2.75) is 37.8 Å². The van der Waals surface area contributed by atoms with Crippen LogP contribution in [0.25, 0.3) is 0 Å². The Morgan fingerprint density at radius 3 is 2.71 bits per heavy atom. The van der Waals surface area contributed by atoms with Crippen molar-refractivity contribution in [2.75, 3.05) is 22.9 Å². The minimum absolute atomic E-state index is 0.180. The fraction of sp³-hybridized carbons (Fsp3) is 0.381. The number of aromatic nitrogens is 1. The largest absolute Gasteiger partial charge is 0.490 e. The summed E-state index contributed by atoms with van der Waals surface area (Å²) in [5.41, 5.74) is -1.73. The Balaban J connectivity index is 1.88. The normalized spacial score (nSPS) is 25.3. The second kappa shape index (κ2) is 8.67. The van der Waals surface area contributed by atoms with Gasteiger partial charge in [0, 0.05) is 14.9 Å². The summed E-state index contributed by atoms with van der Waals surface area (Å²) in [4.78, 5) is 31.3. The van der Waals surface area contributed by atoms with Crippen molar-refractivity contribution < 1.29 is 44.8 Å². The van der Waals surface area contributed by atoms with E-state index in [1.807, 2.05) is 0 Å². The van der Waals surface area contributed by atoms with E-state index in [1.54, 1.807) is 0 Å². The van der Waals surface area contributed by atoms with Gasteiger partial charge in [-0.1, -0.05) is 11.6 Å². The first-order valence-electron chi connectivity index (χ1n) is 10.8. The highest BCUT2D eigenvalue weighted by Crippen LogP contribution is 2.41. The molecule has 1 aromatic heterocycles. The Morgan fingerprint density at radius 1 is 1.32 bits per heavy atom. The van der Waals surface area contributed by atoms with E-state index >= 15 is 0 Å². The van der Waals surface area contributed by atoms with Gasteiger partial charge in [-0.15, -0.1) is 0 Å². The number of aliphatic hydroxyl groups excluding tert-OH is 2. The predicted molar refractivity (Wildman–Crippen MR) is 111 cm³/mol. The summed E-state index contributed by atoms with van der Waals surface area (Å²) in [7, 11) is 0. The van der Waals surface area contributed by atoms with E-state index < -0.39 is 71.4 Å². The lowest BCUT2D eigenvalue weighted by atomic mass is 10.1. The molecule has 13 heteroatoms. The number of aryl methyl sites for hydroxylation is 1. The van der Waals surface area contributed by atoms with E-state index in [9.17, 15) is 37.4 Å². The van der Waals surface area contributed by atoms with Gasteiger partial charge < -0.3 is 19.8 Å². The van der Waals surface area contributed by atoms with Crippen LogP contribution < -0.4 is 14.5 Å². The van der Waals surface area contributed by atoms with Crippen molar-refractivity contribution in [3.8, 4) is 5.75 Å². The number of benzene rings is 1. The summed E-state index contributed by atoms with van der Waals surface area (Å²) < 4.78 is 76.4. The van der Waals surface area contributed by atoms with Gasteiger partial charge in [0.1, 0.15) is 28.8 Å². The molecule has 2 aromatic rings. The Kier molecular flexibility index (Phi) is 5.50. The first kappa shape index (κ1) is 21.6. The molecule has 8 nitrogen and oxygen atoms in total. The van der Waals surface area contributed by atoms with Crippen LogP contribution in [0.15, 0.2) is 24.3 Å². The molecule has 0 aliphatic carbocycles. The molecule has 0 unspecified atom stereocenters. The summed E-state index contributed by atoms with van der Waals surface area (Å²) in [5.74, 6) is -4.66. The number of halogens is 5. The number of rotatable bonds is 2. The molecule has 2 amide bonds. The maximum Gasteiger partial charge on any atom is 0.416 e. The molecule has 3 atom stereocenters. The first-order chi connectivity index (χ1) is 16.6. The number of amides is 2. The fourth-order valence-corrected chi connectivity index (χ4v) is 3.98. The number of alkyl halides is 3. The number of carbonyl (C=O) groups excluding carboxylic acids is 2. The standard InChI is InChI=1S/C21H18ClF4N3O5/c1-9-7-10(21(24,25)26)8-13(27-9)29-15(16(30)17(31)20(29)33)19(32)28-5-2-6-34-18-12(28)4-3-11(23)14(18)22/h3-4,7-8,15-17,30-31H,2,5-6H2,1H3/t15-,16-,17-/m0/s1/i5D2. The van der Waals surface area contributed by atoms with E-state index in [1.165, 1.54) is 6.92 Å². The quantitative estimate of drug-likeness (QED) is 0.608. The van der Waals surface area contributed by atoms with Gasteiger partial charge in [-0.05, 0) is 37.6 Å². The average molecular weight is 506 g/mol. The van der Waals surface area contributed by atoms with E-state index in [4.69, 9.17) is 19.1 Å². The second-order valence-corrected chi connectivity index (χ2v) is 7.96. The Hall–Kier alpha value is -2.96. The molecule has 2 aliphatic rings. The number of nitrogens with zero attached hydrogens (tertiary/aromatic N) is 3. The van der Waals surface area contributed by atoms with Crippen molar-refractivity contribution in [1.29, 1.82) is 0 Å². The van der Waals surface area contributed by atoms with Gasteiger partial charge in [0.15, 0.2) is 11.9 Å². The Bertz CT molecular complexity index is 1250. The van der Waals surface area contributed by atoms with Gasteiger partial charge in [0.05, 0.1) is 17.9 Å². The van der Waals surface area contributed by atoms with Crippen molar-refractivity contribution in [3.63, 3.8) is 0 Å². The Morgan fingerprint density at radius 2 is 2.03 bits per heavy atom. The van der Waals surface area contributed by atoms with Crippen LogP contribution in [0.5, 0.6) is 5.75 Å². The molecule has 0 spiro atoms. The number of anilines is 2. The second-order valence-electron chi connectivity index (χ2n) is 7.58. The molecule has 0 bridgehead atoms. The van der Waals surface area contributed by atoms with E-state index in [0.717, 1.165) is 12.1 Å². The third kappa shape index (κ3) is 4.05. The number of hydrogen-bond acceptors (Lipinski definition) is 6. The van der Waals surface area contributed by atoms with Gasteiger partial charge >= 0.3 is 6.18 Å². The van der Waals surface area contributed by atoms with E-state index in [-0.39, 0.29) is 23.7 Å². The molecule has 2 aliphatic heterocycles.